The molecule has 13 heavy (non-hydrogen) atoms. The fourth-order valence-corrected chi connectivity index (χ4v) is 0.774. The average Bonchev–Trinajstić information content (AvgIpc) is 2.07. The van der Waals surface area contributed by atoms with Gasteiger partial charge in [-0.3, -0.25) is 9.35 Å². The molecule has 0 saturated carbocycles. The first-order valence-electron chi connectivity index (χ1n) is 3.99. The van der Waals surface area contributed by atoms with E-state index in [0.717, 1.165) is 0 Å². The summed E-state index contributed by atoms with van der Waals surface area (Å²) in [5.41, 5.74) is 0. The van der Waals surface area contributed by atoms with Crippen LogP contribution in [-0.4, -0.2) is 52.9 Å². The Balaban J connectivity index is -0.000000142. The Labute approximate surface area is 97.6 Å². The molecule has 0 saturated heterocycles. The van der Waals surface area contributed by atoms with Crippen molar-refractivity contribution in [3.8, 4) is 0 Å². The van der Waals surface area contributed by atoms with E-state index in [1.165, 1.54) is 34.0 Å². The summed E-state index contributed by atoms with van der Waals surface area (Å²) in [7, 11) is -3.67. The molecule has 0 aromatic heterocycles. The number of carbonyl (C=O) groups excluding carboxylic acids is 1. The van der Waals surface area contributed by atoms with Gasteiger partial charge < -0.3 is 0 Å². The normalized spacial score (nSPS) is 8.38. The minimum atomic E-state index is -3.67. The Morgan fingerprint density at radius 3 is 1.77 bits per heavy atom. The van der Waals surface area contributed by atoms with Crippen molar-refractivity contribution in [2.24, 2.45) is 0 Å². The van der Waals surface area contributed by atoms with E-state index in [1.54, 1.807) is 6.92 Å². The van der Waals surface area contributed by atoms with Gasteiger partial charge in [-0.1, -0.05) is 13.5 Å². The average molecular weight is 218 g/mol. The standard InChI is InChI=1S/C3H8O3S.C3H4O.CH3.Na/c1-2-3-7(4,5)6;1-2-3-4;;/h2-3H2,1H3,(H,4,5,6);2-3H,1H2;1H3;. The molecule has 0 aliphatic rings. The fraction of sp³-hybridized carbons (Fsp3) is 0.571. The van der Waals surface area contributed by atoms with Crippen LogP contribution >= 0.6 is 0 Å². The van der Waals surface area contributed by atoms with E-state index in [-0.39, 0.29) is 5.75 Å². The number of hydrogen-bond donors (Lipinski definition) is 1. The summed E-state index contributed by atoms with van der Waals surface area (Å²) >= 11 is 1.31. The van der Waals surface area contributed by atoms with Crippen LogP contribution in [0.5, 0.6) is 0 Å². The molecular formula is C7H15NaO4S. The zero-order chi connectivity index (χ0) is 11.3. The Kier molecular flexibility index (Phi) is 21.6. The predicted octanol–water partition coefficient (Wildman–Crippen LogP) is 0.859. The maximum atomic E-state index is 9.79. The predicted molar refractivity (Wildman–Crippen MR) is 54.6 cm³/mol. The molecule has 0 bridgehead atoms. The van der Waals surface area contributed by atoms with E-state index >= 15 is 0 Å². The van der Waals surface area contributed by atoms with Crippen molar-refractivity contribution in [1.29, 1.82) is 0 Å². The second kappa shape index (κ2) is 14.8. The van der Waals surface area contributed by atoms with Gasteiger partial charge in [-0.2, -0.15) is 8.42 Å². The number of carbonyl (C=O) groups is 1. The van der Waals surface area contributed by atoms with Gasteiger partial charge in [0.1, 0.15) is 6.29 Å². The van der Waals surface area contributed by atoms with Crippen LogP contribution in [0.4, 0.5) is 0 Å². The number of aldehydes is 1. The van der Waals surface area contributed by atoms with Crippen molar-refractivity contribution in [3.63, 3.8) is 0 Å². The van der Waals surface area contributed by atoms with Crippen molar-refractivity contribution in [3.05, 3.63) is 12.7 Å². The van der Waals surface area contributed by atoms with Crippen molar-refractivity contribution in [2.75, 3.05) is 5.75 Å². The molecule has 0 unspecified atom stereocenters. The van der Waals surface area contributed by atoms with Crippen LogP contribution in [0.1, 0.15) is 13.3 Å². The van der Waals surface area contributed by atoms with Crippen LogP contribution in [0.2, 0.25) is 4.17 Å². The Hall–Kier alpha value is 0.320. The molecular weight excluding hydrogens is 203 g/mol. The van der Waals surface area contributed by atoms with Gasteiger partial charge in [0.2, 0.25) is 0 Å². The van der Waals surface area contributed by atoms with Gasteiger partial charge in [-0.05, 0) is 12.5 Å². The van der Waals surface area contributed by atoms with Gasteiger partial charge in [0.25, 0.3) is 10.1 Å². The summed E-state index contributed by atoms with van der Waals surface area (Å²) in [6.45, 7) is 4.80. The summed E-state index contributed by atoms with van der Waals surface area (Å²) in [6.07, 6.45) is 2.30. The summed E-state index contributed by atoms with van der Waals surface area (Å²) in [6, 6.07) is 0. The van der Waals surface area contributed by atoms with Gasteiger partial charge in [-0.25, -0.2) is 0 Å². The molecule has 6 heteroatoms. The third-order valence-corrected chi connectivity index (χ3v) is 1.48. The van der Waals surface area contributed by atoms with E-state index in [9.17, 15) is 8.42 Å². The minimum absolute atomic E-state index is 0.132. The Morgan fingerprint density at radius 2 is 1.77 bits per heavy atom. The molecule has 4 nitrogen and oxygen atoms in total. The van der Waals surface area contributed by atoms with Crippen molar-refractivity contribution >= 4 is 44.3 Å². The van der Waals surface area contributed by atoms with E-state index in [4.69, 9.17) is 9.35 Å². The summed E-state index contributed by atoms with van der Waals surface area (Å²) in [5, 5.41) is 0. The fourth-order valence-electron chi connectivity index (χ4n) is 0.258. The van der Waals surface area contributed by atoms with Crippen molar-refractivity contribution < 1.29 is 17.8 Å². The molecule has 0 heterocycles. The van der Waals surface area contributed by atoms with E-state index in [1.807, 2.05) is 0 Å². The van der Waals surface area contributed by atoms with Crippen LogP contribution in [0, 0.1) is 0 Å². The van der Waals surface area contributed by atoms with E-state index in [2.05, 4.69) is 10.8 Å². The van der Waals surface area contributed by atoms with Crippen LogP contribution in [0.3, 0.4) is 0 Å². The van der Waals surface area contributed by atoms with Crippen LogP contribution < -0.4 is 0 Å². The second-order valence-electron chi connectivity index (χ2n) is 1.66. The molecule has 74 valence electrons. The molecule has 0 aliphatic carbocycles. The SMILES string of the molecule is C=CC=O.CCCS(=O)(=O)O.[CH3][Na]. The van der Waals surface area contributed by atoms with Crippen molar-refractivity contribution in [2.45, 2.75) is 17.5 Å². The monoisotopic (exact) mass is 218 g/mol. The van der Waals surface area contributed by atoms with E-state index < -0.39 is 10.1 Å². The molecule has 0 radical (unpaired) electrons. The molecule has 0 amide bonds. The van der Waals surface area contributed by atoms with Gasteiger partial charge in [0.05, 0.1) is 5.75 Å². The van der Waals surface area contributed by atoms with E-state index in [0.29, 0.717) is 12.7 Å². The first-order valence-corrected chi connectivity index (χ1v) is 7.60. The molecule has 0 fully saturated rings. The molecule has 0 rings (SSSR count). The summed E-state index contributed by atoms with van der Waals surface area (Å²) in [4.78, 5) is 9.06. The Morgan fingerprint density at radius 1 is 1.46 bits per heavy atom. The number of allylic oxidation sites excluding steroid dienone is 1. The van der Waals surface area contributed by atoms with Crippen LogP contribution in [0.15, 0.2) is 12.7 Å². The van der Waals surface area contributed by atoms with Crippen LogP contribution in [0.25, 0.3) is 0 Å². The molecule has 0 spiro atoms. The van der Waals surface area contributed by atoms with Gasteiger partial charge in [0, 0.05) is 0 Å². The molecule has 0 aromatic carbocycles. The number of hydrogen-bond acceptors (Lipinski definition) is 3. The van der Waals surface area contributed by atoms with Crippen LogP contribution in [-0.2, 0) is 14.9 Å². The van der Waals surface area contributed by atoms with Crippen molar-refractivity contribution in [1.82, 2.24) is 0 Å². The van der Waals surface area contributed by atoms with Gasteiger partial charge in [0.15, 0.2) is 0 Å². The maximum absolute atomic E-state index is 9.79. The number of rotatable bonds is 3. The molecule has 0 atom stereocenters. The zero-order valence-electron chi connectivity index (χ0n) is 8.36. The molecule has 0 aliphatic heterocycles. The molecule has 0 aromatic rings. The molecule has 1 N–H and O–H groups in total. The van der Waals surface area contributed by atoms with Gasteiger partial charge >= 0.3 is 32.1 Å². The topological polar surface area (TPSA) is 71.4 Å². The summed E-state index contributed by atoms with van der Waals surface area (Å²) < 4.78 is 29.7. The third kappa shape index (κ3) is 46.4. The Bertz CT molecular complexity index is 193. The quantitative estimate of drug-likeness (QED) is 0.330. The second-order valence-corrected chi connectivity index (χ2v) is 3.23. The van der Waals surface area contributed by atoms with Gasteiger partial charge in [-0.15, -0.1) is 0 Å². The first kappa shape index (κ1) is 19.0. The third-order valence-electron chi connectivity index (χ3n) is 0.558. The first-order chi connectivity index (χ1) is 5.97. The zero-order valence-corrected chi connectivity index (χ0v) is 11.2. The summed E-state index contributed by atoms with van der Waals surface area (Å²) in [5.74, 6) is -0.132.